The molecule has 2 aromatic rings. The molecule has 0 radical (unpaired) electrons. The van der Waals surface area contributed by atoms with Gasteiger partial charge in [-0.3, -0.25) is 0 Å². The summed E-state index contributed by atoms with van der Waals surface area (Å²) < 4.78 is 1.92. The molecular weight excluding hydrogens is 210 g/mol. The monoisotopic (exact) mass is 229 g/mol. The van der Waals surface area contributed by atoms with Crippen LogP contribution in [0.1, 0.15) is 30.9 Å². The van der Waals surface area contributed by atoms with E-state index in [1.165, 1.54) is 16.7 Å². The normalized spacial score (nSPS) is 11.1. The molecule has 3 nitrogen and oxygen atoms in total. The van der Waals surface area contributed by atoms with Crippen molar-refractivity contribution in [3.05, 3.63) is 35.5 Å². The van der Waals surface area contributed by atoms with Crippen LogP contribution in [-0.2, 0) is 7.05 Å². The minimum absolute atomic E-state index is 0.528. The van der Waals surface area contributed by atoms with Gasteiger partial charge in [-0.15, -0.1) is 0 Å². The van der Waals surface area contributed by atoms with Gasteiger partial charge in [-0.25, -0.2) is 4.98 Å². The van der Waals surface area contributed by atoms with Crippen molar-refractivity contribution in [1.82, 2.24) is 9.55 Å². The molecule has 0 aliphatic heterocycles. The summed E-state index contributed by atoms with van der Waals surface area (Å²) in [5, 5.41) is 0. The van der Waals surface area contributed by atoms with E-state index in [0.717, 1.165) is 5.69 Å². The molecule has 2 rings (SSSR count). The van der Waals surface area contributed by atoms with Gasteiger partial charge in [-0.2, -0.15) is 0 Å². The fraction of sp³-hybridized carbons (Fsp3) is 0.357. The molecular formula is C14H19N3. The highest BCUT2D eigenvalue weighted by Gasteiger charge is 2.10. The number of hydrogen-bond acceptors (Lipinski definition) is 2. The smallest absolute Gasteiger partial charge is 0.200 e. The molecule has 0 fully saturated rings. The molecule has 1 aromatic heterocycles. The Kier molecular flexibility index (Phi) is 2.92. The average molecular weight is 229 g/mol. The van der Waals surface area contributed by atoms with Crippen LogP contribution in [-0.4, -0.2) is 9.55 Å². The number of nitrogens with zero attached hydrogens (tertiary/aromatic N) is 2. The van der Waals surface area contributed by atoms with Crippen LogP contribution in [0.4, 0.5) is 5.95 Å². The second kappa shape index (κ2) is 4.24. The van der Waals surface area contributed by atoms with Crippen LogP contribution in [0.25, 0.3) is 11.3 Å². The lowest BCUT2D eigenvalue weighted by Gasteiger charge is -2.12. The van der Waals surface area contributed by atoms with Gasteiger partial charge < -0.3 is 10.3 Å². The molecule has 0 amide bonds. The van der Waals surface area contributed by atoms with Crippen LogP contribution in [0.5, 0.6) is 0 Å². The molecule has 1 aromatic carbocycles. The number of imidazole rings is 1. The van der Waals surface area contributed by atoms with Crippen molar-refractivity contribution in [2.45, 2.75) is 26.7 Å². The van der Waals surface area contributed by atoms with Crippen molar-refractivity contribution in [3.63, 3.8) is 0 Å². The third kappa shape index (κ3) is 2.05. The fourth-order valence-corrected chi connectivity index (χ4v) is 1.95. The number of rotatable bonds is 2. The quantitative estimate of drug-likeness (QED) is 0.860. The summed E-state index contributed by atoms with van der Waals surface area (Å²) in [4.78, 5) is 4.15. The number of nitrogens with two attached hydrogens (primary N) is 1. The van der Waals surface area contributed by atoms with E-state index >= 15 is 0 Å². The minimum Gasteiger partial charge on any atom is -0.369 e. The Morgan fingerprint density at radius 2 is 2.00 bits per heavy atom. The third-order valence-corrected chi connectivity index (χ3v) is 3.23. The average Bonchev–Trinajstić information content (AvgIpc) is 2.60. The summed E-state index contributed by atoms with van der Waals surface area (Å²) in [6.45, 7) is 6.51. The maximum atomic E-state index is 5.78. The lowest BCUT2D eigenvalue weighted by Crippen LogP contribution is -2.00. The van der Waals surface area contributed by atoms with Gasteiger partial charge in [0.15, 0.2) is 5.95 Å². The highest BCUT2D eigenvalue weighted by Crippen LogP contribution is 2.28. The summed E-state index contributed by atoms with van der Waals surface area (Å²) in [6, 6.07) is 6.58. The van der Waals surface area contributed by atoms with E-state index in [-0.39, 0.29) is 0 Å². The van der Waals surface area contributed by atoms with E-state index in [9.17, 15) is 0 Å². The van der Waals surface area contributed by atoms with Crippen LogP contribution in [0, 0.1) is 6.92 Å². The minimum atomic E-state index is 0.528. The SMILES string of the molecule is Cc1ccc(C(C)C)cc1-c1cnc(N)n1C. The van der Waals surface area contributed by atoms with Crippen LogP contribution in [0.2, 0.25) is 0 Å². The Morgan fingerprint density at radius 1 is 1.29 bits per heavy atom. The molecule has 2 N–H and O–H groups in total. The first-order valence-corrected chi connectivity index (χ1v) is 5.88. The van der Waals surface area contributed by atoms with Gasteiger partial charge in [0.05, 0.1) is 11.9 Å². The van der Waals surface area contributed by atoms with Crippen LogP contribution in [0.15, 0.2) is 24.4 Å². The molecule has 0 saturated heterocycles. The molecule has 17 heavy (non-hydrogen) atoms. The lowest BCUT2D eigenvalue weighted by atomic mass is 9.96. The summed E-state index contributed by atoms with van der Waals surface area (Å²) in [7, 11) is 1.94. The fourth-order valence-electron chi connectivity index (χ4n) is 1.95. The van der Waals surface area contributed by atoms with Crippen molar-refractivity contribution in [2.75, 3.05) is 5.73 Å². The van der Waals surface area contributed by atoms with Gasteiger partial charge in [0.25, 0.3) is 0 Å². The summed E-state index contributed by atoms with van der Waals surface area (Å²) >= 11 is 0. The van der Waals surface area contributed by atoms with Crippen molar-refractivity contribution in [1.29, 1.82) is 0 Å². The van der Waals surface area contributed by atoms with Gasteiger partial charge in [0.2, 0.25) is 0 Å². The van der Waals surface area contributed by atoms with Crippen LogP contribution >= 0.6 is 0 Å². The number of anilines is 1. The van der Waals surface area contributed by atoms with Crippen molar-refractivity contribution in [3.8, 4) is 11.3 Å². The second-order valence-electron chi connectivity index (χ2n) is 4.79. The van der Waals surface area contributed by atoms with Gasteiger partial charge in [0, 0.05) is 12.6 Å². The standard InChI is InChI=1S/C14H19N3/c1-9(2)11-6-5-10(3)12(7-11)13-8-16-14(15)17(13)4/h5-9H,1-4H3,(H2,15,16). The van der Waals surface area contributed by atoms with E-state index in [0.29, 0.717) is 11.9 Å². The number of aromatic nitrogens is 2. The summed E-state index contributed by atoms with van der Waals surface area (Å²) in [5.41, 5.74) is 10.6. The van der Waals surface area contributed by atoms with Gasteiger partial charge in [0.1, 0.15) is 0 Å². The van der Waals surface area contributed by atoms with E-state index in [1.807, 2.05) is 17.8 Å². The van der Waals surface area contributed by atoms with Gasteiger partial charge >= 0.3 is 0 Å². The number of benzene rings is 1. The zero-order valence-electron chi connectivity index (χ0n) is 10.9. The largest absolute Gasteiger partial charge is 0.369 e. The topological polar surface area (TPSA) is 43.8 Å². The van der Waals surface area contributed by atoms with Crippen molar-refractivity contribution < 1.29 is 0 Å². The molecule has 0 aliphatic carbocycles. The van der Waals surface area contributed by atoms with E-state index in [1.54, 1.807) is 0 Å². The maximum Gasteiger partial charge on any atom is 0.200 e. The predicted molar refractivity (Wildman–Crippen MR) is 71.9 cm³/mol. The molecule has 0 aliphatic rings. The lowest BCUT2D eigenvalue weighted by molar-refractivity contribution is 0.865. The first kappa shape index (κ1) is 11.7. The number of aryl methyl sites for hydroxylation is 1. The van der Waals surface area contributed by atoms with Crippen molar-refractivity contribution >= 4 is 5.95 Å². The van der Waals surface area contributed by atoms with E-state index < -0.39 is 0 Å². The maximum absolute atomic E-state index is 5.78. The molecule has 3 heteroatoms. The zero-order valence-corrected chi connectivity index (χ0v) is 10.9. The second-order valence-corrected chi connectivity index (χ2v) is 4.79. The molecule has 0 unspecified atom stereocenters. The number of nitrogen functional groups attached to an aromatic ring is 1. The number of hydrogen-bond donors (Lipinski definition) is 1. The van der Waals surface area contributed by atoms with Crippen molar-refractivity contribution in [2.24, 2.45) is 7.05 Å². The first-order chi connectivity index (χ1) is 8.00. The first-order valence-electron chi connectivity index (χ1n) is 5.88. The third-order valence-electron chi connectivity index (χ3n) is 3.23. The summed E-state index contributed by atoms with van der Waals surface area (Å²) in [5.74, 6) is 1.08. The molecule has 0 atom stereocenters. The van der Waals surface area contributed by atoms with Crippen LogP contribution in [0.3, 0.4) is 0 Å². The van der Waals surface area contributed by atoms with E-state index in [4.69, 9.17) is 5.73 Å². The van der Waals surface area contributed by atoms with Gasteiger partial charge in [-0.05, 0) is 30.0 Å². The Morgan fingerprint density at radius 3 is 2.53 bits per heavy atom. The highest BCUT2D eigenvalue weighted by molar-refractivity contribution is 5.66. The Bertz CT molecular complexity index is 538. The molecule has 90 valence electrons. The van der Waals surface area contributed by atoms with E-state index in [2.05, 4.69) is 44.0 Å². The zero-order chi connectivity index (χ0) is 12.6. The predicted octanol–water partition coefficient (Wildman–Crippen LogP) is 3.10. The Hall–Kier alpha value is -1.77. The molecule has 0 spiro atoms. The van der Waals surface area contributed by atoms with Gasteiger partial charge in [-0.1, -0.05) is 26.0 Å². The van der Waals surface area contributed by atoms with Crippen LogP contribution < -0.4 is 5.73 Å². The summed E-state index contributed by atoms with van der Waals surface area (Å²) in [6.07, 6.45) is 1.84. The molecule has 0 bridgehead atoms. The Labute approximate surface area is 102 Å². The highest BCUT2D eigenvalue weighted by atomic mass is 15.1. The molecule has 1 heterocycles. The Balaban J connectivity index is 2.58. The molecule has 0 saturated carbocycles.